The van der Waals surface area contributed by atoms with Crippen LogP contribution in [0.2, 0.25) is 0 Å². The highest BCUT2D eigenvalue weighted by molar-refractivity contribution is 5.75. The molecule has 0 fully saturated rings. The van der Waals surface area contributed by atoms with Crippen molar-refractivity contribution in [3.63, 3.8) is 0 Å². The van der Waals surface area contributed by atoms with Gasteiger partial charge in [0.15, 0.2) is 11.5 Å². The molecule has 0 unspecified atom stereocenters. The standard InChI is InChI=1S/C20H26N2O3/c1-15(2)4-7-20(23)22-13-17-5-6-18(19(12-17)24-3)25-14-16-8-10-21-11-9-16/h5-6,8-12,15H,4,7,13-14H2,1-3H3,(H,22,23). The maximum atomic E-state index is 11.8. The first-order valence-corrected chi connectivity index (χ1v) is 8.53. The van der Waals surface area contributed by atoms with Crippen molar-refractivity contribution in [2.45, 2.75) is 39.8 Å². The molecule has 1 heterocycles. The van der Waals surface area contributed by atoms with Gasteiger partial charge in [0.1, 0.15) is 6.61 Å². The Morgan fingerprint density at radius 1 is 1.12 bits per heavy atom. The topological polar surface area (TPSA) is 60.5 Å². The largest absolute Gasteiger partial charge is 0.493 e. The minimum Gasteiger partial charge on any atom is -0.493 e. The second-order valence-corrected chi connectivity index (χ2v) is 6.34. The van der Waals surface area contributed by atoms with Crippen LogP contribution < -0.4 is 14.8 Å². The summed E-state index contributed by atoms with van der Waals surface area (Å²) in [6.07, 6.45) is 4.93. The van der Waals surface area contributed by atoms with Gasteiger partial charge in [-0.2, -0.15) is 0 Å². The van der Waals surface area contributed by atoms with Crippen LogP contribution in [0.5, 0.6) is 11.5 Å². The molecular formula is C20H26N2O3. The molecule has 0 spiro atoms. The van der Waals surface area contributed by atoms with E-state index in [1.807, 2.05) is 30.3 Å². The molecule has 2 aromatic rings. The van der Waals surface area contributed by atoms with Gasteiger partial charge >= 0.3 is 0 Å². The van der Waals surface area contributed by atoms with Gasteiger partial charge in [-0.25, -0.2) is 0 Å². The number of benzene rings is 1. The van der Waals surface area contributed by atoms with Crippen molar-refractivity contribution in [1.82, 2.24) is 10.3 Å². The minimum atomic E-state index is 0.0747. The summed E-state index contributed by atoms with van der Waals surface area (Å²) in [7, 11) is 1.61. The maximum Gasteiger partial charge on any atom is 0.220 e. The van der Waals surface area contributed by atoms with Crippen molar-refractivity contribution in [3.8, 4) is 11.5 Å². The molecule has 0 bridgehead atoms. The first-order valence-electron chi connectivity index (χ1n) is 8.53. The number of ether oxygens (including phenoxy) is 2. The lowest BCUT2D eigenvalue weighted by atomic mass is 10.1. The van der Waals surface area contributed by atoms with Gasteiger partial charge in [0.05, 0.1) is 7.11 Å². The van der Waals surface area contributed by atoms with Crippen LogP contribution in [0.3, 0.4) is 0 Å². The van der Waals surface area contributed by atoms with Crippen molar-refractivity contribution < 1.29 is 14.3 Å². The first-order chi connectivity index (χ1) is 12.1. The van der Waals surface area contributed by atoms with Crippen LogP contribution >= 0.6 is 0 Å². The summed E-state index contributed by atoms with van der Waals surface area (Å²) in [4.78, 5) is 15.8. The number of carbonyl (C=O) groups is 1. The SMILES string of the molecule is COc1cc(CNC(=O)CCC(C)C)ccc1OCc1ccncc1. The zero-order chi connectivity index (χ0) is 18.1. The van der Waals surface area contributed by atoms with Gasteiger partial charge in [0.25, 0.3) is 0 Å². The Labute approximate surface area is 149 Å². The number of methoxy groups -OCH3 is 1. The summed E-state index contributed by atoms with van der Waals surface area (Å²) in [5, 5.41) is 2.94. The van der Waals surface area contributed by atoms with Gasteiger partial charge in [0, 0.05) is 25.4 Å². The Bertz CT molecular complexity index is 672. The third kappa shape index (κ3) is 6.45. The Balaban J connectivity index is 1.90. The number of hydrogen-bond acceptors (Lipinski definition) is 4. The van der Waals surface area contributed by atoms with E-state index >= 15 is 0 Å². The first kappa shape index (κ1) is 18.8. The lowest BCUT2D eigenvalue weighted by molar-refractivity contribution is -0.121. The third-order valence-electron chi connectivity index (χ3n) is 3.81. The van der Waals surface area contributed by atoms with Crippen molar-refractivity contribution in [2.75, 3.05) is 7.11 Å². The monoisotopic (exact) mass is 342 g/mol. The van der Waals surface area contributed by atoms with E-state index in [0.29, 0.717) is 37.0 Å². The average molecular weight is 342 g/mol. The molecule has 0 saturated carbocycles. The highest BCUT2D eigenvalue weighted by Gasteiger charge is 2.08. The predicted octanol–water partition coefficient (Wildman–Crippen LogP) is 3.72. The zero-order valence-electron chi connectivity index (χ0n) is 15.1. The van der Waals surface area contributed by atoms with Crippen LogP contribution in [0.4, 0.5) is 0 Å². The van der Waals surface area contributed by atoms with E-state index in [1.165, 1.54) is 0 Å². The number of carbonyl (C=O) groups excluding carboxylic acids is 1. The third-order valence-corrected chi connectivity index (χ3v) is 3.81. The van der Waals surface area contributed by atoms with Gasteiger partial charge < -0.3 is 14.8 Å². The highest BCUT2D eigenvalue weighted by atomic mass is 16.5. The fraction of sp³-hybridized carbons (Fsp3) is 0.400. The Kier molecular flexibility index (Phi) is 7.26. The molecule has 134 valence electrons. The lowest BCUT2D eigenvalue weighted by Gasteiger charge is -2.13. The van der Waals surface area contributed by atoms with E-state index in [9.17, 15) is 4.79 Å². The van der Waals surface area contributed by atoms with E-state index in [4.69, 9.17) is 9.47 Å². The molecule has 0 aliphatic heterocycles. The molecule has 25 heavy (non-hydrogen) atoms. The number of nitrogens with zero attached hydrogens (tertiary/aromatic N) is 1. The molecule has 1 N–H and O–H groups in total. The Hall–Kier alpha value is -2.56. The van der Waals surface area contributed by atoms with Gasteiger partial charge in [-0.15, -0.1) is 0 Å². The molecule has 0 aliphatic rings. The summed E-state index contributed by atoms with van der Waals surface area (Å²) < 4.78 is 11.2. The summed E-state index contributed by atoms with van der Waals surface area (Å²) in [6, 6.07) is 9.52. The number of aromatic nitrogens is 1. The van der Waals surface area contributed by atoms with Gasteiger partial charge in [-0.1, -0.05) is 19.9 Å². The maximum absolute atomic E-state index is 11.8. The molecule has 5 heteroatoms. The van der Waals surface area contributed by atoms with Crippen molar-refractivity contribution in [1.29, 1.82) is 0 Å². The minimum absolute atomic E-state index is 0.0747. The van der Waals surface area contributed by atoms with Crippen molar-refractivity contribution in [3.05, 3.63) is 53.9 Å². The average Bonchev–Trinajstić information content (AvgIpc) is 2.64. The van der Waals surface area contributed by atoms with Crippen LogP contribution in [0.25, 0.3) is 0 Å². The molecular weight excluding hydrogens is 316 g/mol. The van der Waals surface area contributed by atoms with E-state index < -0.39 is 0 Å². The summed E-state index contributed by atoms with van der Waals surface area (Å²) >= 11 is 0. The highest BCUT2D eigenvalue weighted by Crippen LogP contribution is 2.28. The second-order valence-electron chi connectivity index (χ2n) is 6.34. The fourth-order valence-corrected chi connectivity index (χ4v) is 2.29. The van der Waals surface area contributed by atoms with Crippen molar-refractivity contribution >= 4 is 5.91 Å². The van der Waals surface area contributed by atoms with Crippen LogP contribution in [0.15, 0.2) is 42.7 Å². The van der Waals surface area contributed by atoms with Crippen LogP contribution in [0.1, 0.15) is 37.8 Å². The van der Waals surface area contributed by atoms with Gasteiger partial charge in [-0.3, -0.25) is 9.78 Å². The Morgan fingerprint density at radius 2 is 1.88 bits per heavy atom. The molecule has 0 radical (unpaired) electrons. The molecule has 0 aliphatic carbocycles. The number of nitrogens with one attached hydrogen (secondary N) is 1. The number of amides is 1. The van der Waals surface area contributed by atoms with Gasteiger partial charge in [0.2, 0.25) is 5.91 Å². The second kappa shape index (κ2) is 9.67. The summed E-state index contributed by atoms with van der Waals surface area (Å²) in [6.45, 7) is 5.16. The van der Waals surface area contributed by atoms with Crippen LogP contribution in [0, 0.1) is 5.92 Å². The number of hydrogen-bond donors (Lipinski definition) is 1. The van der Waals surface area contributed by atoms with E-state index in [0.717, 1.165) is 17.5 Å². The molecule has 0 atom stereocenters. The summed E-state index contributed by atoms with van der Waals surface area (Å²) in [5.74, 6) is 1.94. The molecule has 5 nitrogen and oxygen atoms in total. The van der Waals surface area contributed by atoms with E-state index in [1.54, 1.807) is 19.5 Å². The van der Waals surface area contributed by atoms with E-state index in [2.05, 4.69) is 24.1 Å². The molecule has 1 aromatic heterocycles. The van der Waals surface area contributed by atoms with Crippen LogP contribution in [-0.2, 0) is 17.9 Å². The fourth-order valence-electron chi connectivity index (χ4n) is 2.29. The van der Waals surface area contributed by atoms with E-state index in [-0.39, 0.29) is 5.91 Å². The summed E-state index contributed by atoms with van der Waals surface area (Å²) in [5.41, 5.74) is 2.02. The molecule has 0 saturated heterocycles. The molecule has 2 rings (SSSR count). The number of pyridine rings is 1. The zero-order valence-corrected chi connectivity index (χ0v) is 15.1. The van der Waals surface area contributed by atoms with Crippen LogP contribution in [-0.4, -0.2) is 18.0 Å². The quantitative estimate of drug-likeness (QED) is 0.754. The normalized spacial score (nSPS) is 10.6. The molecule has 1 aromatic carbocycles. The molecule has 1 amide bonds. The smallest absolute Gasteiger partial charge is 0.220 e. The Morgan fingerprint density at radius 3 is 2.56 bits per heavy atom. The lowest BCUT2D eigenvalue weighted by Crippen LogP contribution is -2.22. The predicted molar refractivity (Wildman–Crippen MR) is 97.5 cm³/mol. The van der Waals surface area contributed by atoms with Gasteiger partial charge in [-0.05, 0) is 47.7 Å². The number of rotatable bonds is 9. The van der Waals surface area contributed by atoms with Crippen molar-refractivity contribution in [2.24, 2.45) is 5.92 Å².